The number of hydrogen-bond donors (Lipinski definition) is 2. The quantitative estimate of drug-likeness (QED) is 0.564. The van der Waals surface area contributed by atoms with Gasteiger partial charge in [0.05, 0.1) is 11.3 Å². The number of amides is 1. The molecule has 0 radical (unpaired) electrons. The summed E-state index contributed by atoms with van der Waals surface area (Å²) in [6, 6.07) is 12.5. The van der Waals surface area contributed by atoms with Crippen molar-refractivity contribution in [2.45, 2.75) is 26.3 Å². The molecule has 2 aromatic carbocycles. The Hall–Kier alpha value is -2.90. The van der Waals surface area contributed by atoms with Crippen LogP contribution in [0.5, 0.6) is 5.75 Å². The molecule has 0 saturated carbocycles. The summed E-state index contributed by atoms with van der Waals surface area (Å²) in [5, 5.41) is 14.7. The summed E-state index contributed by atoms with van der Waals surface area (Å²) in [5.41, 5.74) is 1.59. The number of rotatable bonds is 6. The average molecular weight is 425 g/mol. The highest BCUT2D eigenvalue weighted by Crippen LogP contribution is 2.43. The molecule has 1 aromatic heterocycles. The second-order valence-electron chi connectivity index (χ2n) is 7.28. The topological polar surface area (TPSA) is 78.9 Å². The van der Waals surface area contributed by atoms with Crippen LogP contribution in [0.25, 0.3) is 10.1 Å². The summed E-state index contributed by atoms with van der Waals surface area (Å²) in [4.78, 5) is 27.7. The molecule has 1 saturated heterocycles. The van der Waals surface area contributed by atoms with Gasteiger partial charge < -0.3 is 15.2 Å². The lowest BCUT2D eigenvalue weighted by Crippen LogP contribution is -2.18. The van der Waals surface area contributed by atoms with Crippen LogP contribution in [-0.4, -0.2) is 41.6 Å². The van der Waals surface area contributed by atoms with Gasteiger partial charge in [0.1, 0.15) is 16.3 Å². The van der Waals surface area contributed by atoms with Crippen molar-refractivity contribution < 1.29 is 19.4 Å². The molecule has 3 aromatic rings. The molecule has 4 rings (SSSR count). The first-order chi connectivity index (χ1) is 14.6. The zero-order valence-corrected chi connectivity index (χ0v) is 17.6. The van der Waals surface area contributed by atoms with Gasteiger partial charge in [-0.1, -0.05) is 30.3 Å². The first-order valence-corrected chi connectivity index (χ1v) is 10.9. The average Bonchev–Trinajstić information content (AvgIpc) is 3.39. The normalized spacial score (nSPS) is 14.2. The number of carbonyl (C=O) groups is 2. The Morgan fingerprint density at radius 3 is 2.57 bits per heavy atom. The maximum atomic E-state index is 12.7. The van der Waals surface area contributed by atoms with Gasteiger partial charge in [0, 0.05) is 23.1 Å². The summed E-state index contributed by atoms with van der Waals surface area (Å²) in [5.74, 6) is -0.668. The van der Waals surface area contributed by atoms with Crippen molar-refractivity contribution in [2.24, 2.45) is 0 Å². The number of thiophene rings is 1. The molecule has 1 amide bonds. The first kappa shape index (κ1) is 20.4. The highest BCUT2D eigenvalue weighted by molar-refractivity contribution is 7.24. The van der Waals surface area contributed by atoms with E-state index in [1.807, 2.05) is 18.2 Å². The molecule has 2 heterocycles. The number of likely N-dealkylation sites (tertiary alicyclic amines) is 1. The zero-order chi connectivity index (χ0) is 21.1. The van der Waals surface area contributed by atoms with Crippen molar-refractivity contribution in [1.82, 2.24) is 4.90 Å². The number of nitrogens with one attached hydrogen (secondary N) is 1. The lowest BCUT2D eigenvalue weighted by Gasteiger charge is -2.15. The highest BCUT2D eigenvalue weighted by atomic mass is 32.1. The number of nitrogens with zero attached hydrogens (tertiary/aromatic N) is 1. The first-order valence-electron chi connectivity index (χ1n) is 10.1. The second kappa shape index (κ2) is 8.85. The molecule has 1 aliphatic rings. The van der Waals surface area contributed by atoms with Gasteiger partial charge in [-0.2, -0.15) is 0 Å². The molecule has 0 aliphatic carbocycles. The number of carbonyl (C=O) groups excluding carboxylic acids is 2. The maximum Gasteiger partial charge on any atom is 0.341 e. The Bertz CT molecular complexity index is 1070. The van der Waals surface area contributed by atoms with Gasteiger partial charge in [-0.05, 0) is 45.0 Å². The zero-order valence-electron chi connectivity index (χ0n) is 16.8. The van der Waals surface area contributed by atoms with E-state index in [0.717, 1.165) is 18.7 Å². The number of ether oxygens (including phenoxy) is 1. The minimum absolute atomic E-state index is 0.162. The van der Waals surface area contributed by atoms with Gasteiger partial charge in [-0.3, -0.25) is 9.69 Å². The number of fused-ring (bicyclic) bond motifs is 1. The molecule has 156 valence electrons. The number of phenolic OH excluding ortho intramolecular Hbond substituents is 1. The summed E-state index contributed by atoms with van der Waals surface area (Å²) in [7, 11) is 0. The Morgan fingerprint density at radius 1 is 1.13 bits per heavy atom. The van der Waals surface area contributed by atoms with E-state index in [0.29, 0.717) is 27.2 Å². The molecule has 2 N–H and O–H groups in total. The largest absolute Gasteiger partial charge is 0.506 e. The van der Waals surface area contributed by atoms with E-state index in [4.69, 9.17) is 4.74 Å². The molecule has 1 aliphatic heterocycles. The van der Waals surface area contributed by atoms with Crippen LogP contribution in [0, 0.1) is 0 Å². The summed E-state index contributed by atoms with van der Waals surface area (Å²) in [6.45, 7) is 4.67. The Balaban J connectivity index is 1.73. The predicted octanol–water partition coefficient (Wildman–Crippen LogP) is 4.63. The standard InChI is InChI=1S/C23H24N2O4S/c1-2-29-23(28)18-17-11-10-16(14-25-12-6-7-13-25)19(26)20(17)30-22(18)24-21(27)15-8-4-3-5-9-15/h3-5,8-11,26H,2,6-7,12-14H2,1H3,(H,24,27). The van der Waals surface area contributed by atoms with Crippen LogP contribution >= 0.6 is 11.3 Å². The number of phenols is 1. The van der Waals surface area contributed by atoms with Crippen LogP contribution in [0.2, 0.25) is 0 Å². The van der Waals surface area contributed by atoms with E-state index < -0.39 is 5.97 Å². The number of benzene rings is 2. The number of hydrogen-bond acceptors (Lipinski definition) is 6. The predicted molar refractivity (Wildman–Crippen MR) is 118 cm³/mol. The maximum absolute atomic E-state index is 12.7. The third-order valence-corrected chi connectivity index (χ3v) is 6.38. The minimum Gasteiger partial charge on any atom is -0.506 e. The second-order valence-corrected chi connectivity index (χ2v) is 8.30. The molecule has 0 bridgehead atoms. The fraction of sp³-hybridized carbons (Fsp3) is 0.304. The lowest BCUT2D eigenvalue weighted by atomic mass is 10.1. The van der Waals surface area contributed by atoms with Gasteiger partial charge in [0.25, 0.3) is 5.91 Å². The van der Waals surface area contributed by atoms with E-state index in [1.54, 1.807) is 31.2 Å². The number of aromatic hydroxyl groups is 1. The lowest BCUT2D eigenvalue weighted by molar-refractivity contribution is 0.0530. The molecule has 7 heteroatoms. The van der Waals surface area contributed by atoms with E-state index >= 15 is 0 Å². The number of esters is 1. The Labute approximate surface area is 179 Å². The summed E-state index contributed by atoms with van der Waals surface area (Å²) >= 11 is 1.20. The van der Waals surface area contributed by atoms with Crippen molar-refractivity contribution in [2.75, 3.05) is 25.0 Å². The van der Waals surface area contributed by atoms with Crippen LogP contribution in [0.1, 0.15) is 46.0 Å². The molecule has 1 fully saturated rings. The van der Waals surface area contributed by atoms with Gasteiger partial charge in [0.2, 0.25) is 0 Å². The molecule has 6 nitrogen and oxygen atoms in total. The van der Waals surface area contributed by atoms with Crippen LogP contribution in [0.15, 0.2) is 42.5 Å². The van der Waals surface area contributed by atoms with Crippen molar-refractivity contribution >= 4 is 38.3 Å². The van der Waals surface area contributed by atoms with Crippen molar-refractivity contribution in [3.63, 3.8) is 0 Å². The van der Waals surface area contributed by atoms with Gasteiger partial charge in [-0.15, -0.1) is 11.3 Å². The third kappa shape index (κ3) is 4.04. The van der Waals surface area contributed by atoms with Crippen LogP contribution in [0.4, 0.5) is 5.00 Å². The van der Waals surface area contributed by atoms with Gasteiger partial charge in [0.15, 0.2) is 0 Å². The van der Waals surface area contributed by atoms with Crippen molar-refractivity contribution in [1.29, 1.82) is 0 Å². The van der Waals surface area contributed by atoms with E-state index in [2.05, 4.69) is 10.2 Å². The molecule has 30 heavy (non-hydrogen) atoms. The smallest absolute Gasteiger partial charge is 0.341 e. The van der Waals surface area contributed by atoms with E-state index in [-0.39, 0.29) is 23.8 Å². The van der Waals surface area contributed by atoms with E-state index in [1.165, 1.54) is 24.2 Å². The summed E-state index contributed by atoms with van der Waals surface area (Å²) in [6.07, 6.45) is 2.34. The van der Waals surface area contributed by atoms with Crippen molar-refractivity contribution in [3.8, 4) is 5.75 Å². The SMILES string of the molecule is CCOC(=O)c1c(NC(=O)c2ccccc2)sc2c(O)c(CN3CCCC3)ccc12. The van der Waals surface area contributed by atoms with E-state index in [9.17, 15) is 14.7 Å². The molecule has 0 atom stereocenters. The fourth-order valence-electron chi connectivity index (χ4n) is 3.76. The molecular weight excluding hydrogens is 400 g/mol. The number of anilines is 1. The van der Waals surface area contributed by atoms with Crippen LogP contribution < -0.4 is 5.32 Å². The summed E-state index contributed by atoms with van der Waals surface area (Å²) < 4.78 is 5.81. The van der Waals surface area contributed by atoms with Crippen LogP contribution in [-0.2, 0) is 11.3 Å². The monoisotopic (exact) mass is 424 g/mol. The highest BCUT2D eigenvalue weighted by Gasteiger charge is 2.25. The van der Waals surface area contributed by atoms with Crippen molar-refractivity contribution in [3.05, 3.63) is 59.2 Å². The van der Waals surface area contributed by atoms with Gasteiger partial charge in [-0.25, -0.2) is 4.79 Å². The Morgan fingerprint density at radius 2 is 1.87 bits per heavy atom. The molecule has 0 spiro atoms. The minimum atomic E-state index is -0.515. The molecular formula is C23H24N2O4S. The molecule has 0 unspecified atom stereocenters. The fourth-order valence-corrected chi connectivity index (χ4v) is 4.91. The Kier molecular flexibility index (Phi) is 6.01. The van der Waals surface area contributed by atoms with Crippen LogP contribution in [0.3, 0.4) is 0 Å². The van der Waals surface area contributed by atoms with Gasteiger partial charge >= 0.3 is 5.97 Å². The third-order valence-electron chi connectivity index (χ3n) is 5.25.